The molecule has 2 aromatic carbocycles. The quantitative estimate of drug-likeness (QED) is 0.365. The van der Waals surface area contributed by atoms with Gasteiger partial charge in [-0.05, 0) is 0 Å². The summed E-state index contributed by atoms with van der Waals surface area (Å²) in [6.07, 6.45) is 5.02. The normalized spacial score (nSPS) is 21.6. The van der Waals surface area contributed by atoms with Gasteiger partial charge >= 0.3 is 193 Å². The van der Waals surface area contributed by atoms with Gasteiger partial charge in [0.2, 0.25) is 0 Å². The third kappa shape index (κ3) is 3.68. The van der Waals surface area contributed by atoms with Crippen molar-refractivity contribution < 1.29 is 17.4 Å². The van der Waals surface area contributed by atoms with E-state index in [0.29, 0.717) is 9.54 Å². The maximum absolute atomic E-state index is 3.32. The summed E-state index contributed by atoms with van der Waals surface area (Å²) in [6.45, 7) is 14.2. The zero-order valence-electron chi connectivity index (χ0n) is 20.5. The van der Waals surface area contributed by atoms with Crippen LogP contribution >= 0.6 is 0 Å². The van der Waals surface area contributed by atoms with Crippen LogP contribution in [-0.4, -0.2) is 6.88 Å². The van der Waals surface area contributed by atoms with Gasteiger partial charge in [-0.15, -0.1) is 0 Å². The van der Waals surface area contributed by atoms with Gasteiger partial charge < -0.3 is 0 Å². The van der Waals surface area contributed by atoms with Gasteiger partial charge in [0, 0.05) is 0 Å². The Bertz CT molecular complexity index is 1210. The Morgan fingerprint density at radius 2 is 1.65 bits per heavy atom. The molecule has 162 valence electrons. The summed E-state index contributed by atoms with van der Waals surface area (Å²) in [6, 6.07) is 18.5. The van der Waals surface area contributed by atoms with Crippen LogP contribution in [0, 0.1) is 5.92 Å². The first-order chi connectivity index (χ1) is 14.5. The van der Waals surface area contributed by atoms with Gasteiger partial charge in [0.15, 0.2) is 0 Å². The molecule has 0 aliphatic heterocycles. The summed E-state index contributed by atoms with van der Waals surface area (Å²) < 4.78 is 7.80. The molecule has 0 saturated carbocycles. The van der Waals surface area contributed by atoms with Crippen LogP contribution in [0.15, 0.2) is 74.6 Å². The average Bonchev–Trinajstić information content (AvgIpc) is 3.21. The molecule has 2 aliphatic carbocycles. The molecule has 0 heterocycles. The fourth-order valence-corrected chi connectivity index (χ4v) is 24.9. The molecule has 0 fully saturated rings. The second kappa shape index (κ2) is 7.96. The van der Waals surface area contributed by atoms with Crippen molar-refractivity contribution in [1.29, 1.82) is 0 Å². The van der Waals surface area contributed by atoms with Crippen LogP contribution in [0.5, 0.6) is 0 Å². The third-order valence-corrected chi connectivity index (χ3v) is 25.5. The first-order valence-corrected chi connectivity index (χ1v) is 25.4. The Hall–Kier alpha value is -1.24. The van der Waals surface area contributed by atoms with Gasteiger partial charge in [-0.1, -0.05) is 0 Å². The Balaban J connectivity index is 1.90. The summed E-state index contributed by atoms with van der Waals surface area (Å²) in [7, 11) is 0. The molecule has 0 radical (unpaired) electrons. The zero-order valence-corrected chi connectivity index (χ0v) is 24.3. The summed E-state index contributed by atoms with van der Waals surface area (Å²) >= 11 is -3.32. The van der Waals surface area contributed by atoms with Gasteiger partial charge in [0.1, 0.15) is 0 Å². The van der Waals surface area contributed by atoms with Gasteiger partial charge in [0.25, 0.3) is 0 Å². The van der Waals surface area contributed by atoms with E-state index in [1.54, 1.807) is 22.3 Å². The van der Waals surface area contributed by atoms with Crippen LogP contribution in [0.1, 0.15) is 66.9 Å². The van der Waals surface area contributed by atoms with Gasteiger partial charge in [-0.3, -0.25) is 0 Å². The molecule has 2 unspecified atom stereocenters. The molecule has 31 heavy (non-hydrogen) atoms. The fraction of sp³-hybridized carbons (Fsp3) is 0.379. The van der Waals surface area contributed by atoms with Crippen molar-refractivity contribution in [3.05, 3.63) is 96.9 Å². The van der Waals surface area contributed by atoms with Crippen LogP contribution in [0.4, 0.5) is 0 Å². The molecule has 0 amide bonds. The number of fused-ring (bicyclic) bond motifs is 1. The van der Waals surface area contributed by atoms with Crippen molar-refractivity contribution >= 4 is 12.5 Å². The van der Waals surface area contributed by atoms with Crippen LogP contribution in [-0.2, 0) is 23.8 Å². The number of benzene rings is 2. The van der Waals surface area contributed by atoms with Gasteiger partial charge in [0.05, 0.1) is 0 Å². The molecular formula is C29H38SiZr. The first-order valence-electron chi connectivity index (χ1n) is 11.9. The van der Waals surface area contributed by atoms with E-state index in [4.69, 9.17) is 0 Å². The van der Waals surface area contributed by atoms with Crippen molar-refractivity contribution in [1.82, 2.24) is 0 Å². The summed E-state index contributed by atoms with van der Waals surface area (Å²) in [5, 5.41) is 0. The SMILES string of the molecule is CCCc1cccc(C2=C[CH]([Zr]([CH3])([CH3])(=[SiH2])[C]3=C(C)C(C)=C(C)C3C)c3ccccc32)c1. The average molecular weight is 506 g/mol. The van der Waals surface area contributed by atoms with E-state index in [2.05, 4.69) is 105 Å². The molecule has 0 bridgehead atoms. The molecule has 0 nitrogen and oxygen atoms in total. The number of allylic oxidation sites excluding steroid dienone is 5. The van der Waals surface area contributed by atoms with Crippen LogP contribution in [0.3, 0.4) is 0 Å². The van der Waals surface area contributed by atoms with E-state index < -0.39 is 17.4 Å². The summed E-state index contributed by atoms with van der Waals surface area (Å²) in [5.74, 6) is 0.593. The zero-order chi connectivity index (χ0) is 22.6. The predicted octanol–water partition coefficient (Wildman–Crippen LogP) is 7.72. The number of aryl methyl sites for hydroxylation is 1. The van der Waals surface area contributed by atoms with E-state index in [1.165, 1.54) is 28.7 Å². The van der Waals surface area contributed by atoms with Gasteiger partial charge in [-0.25, -0.2) is 0 Å². The van der Waals surface area contributed by atoms with Crippen LogP contribution in [0.2, 0.25) is 9.26 Å². The molecular weight excluding hydrogens is 468 g/mol. The Labute approximate surface area is 192 Å². The Morgan fingerprint density at radius 3 is 2.29 bits per heavy atom. The minimum absolute atomic E-state index is 0.562. The predicted molar refractivity (Wildman–Crippen MR) is 137 cm³/mol. The first kappa shape index (κ1) is 22.9. The Kier molecular flexibility index (Phi) is 5.89. The van der Waals surface area contributed by atoms with E-state index in [9.17, 15) is 0 Å². The van der Waals surface area contributed by atoms with Crippen molar-refractivity contribution in [2.75, 3.05) is 0 Å². The van der Waals surface area contributed by atoms with E-state index in [0.717, 1.165) is 6.42 Å². The minimum atomic E-state index is -3.32. The molecule has 2 aliphatic rings. The second-order valence-corrected chi connectivity index (χ2v) is 40.5. The summed E-state index contributed by atoms with van der Waals surface area (Å²) in [5.41, 5.74) is 12.1. The third-order valence-electron chi connectivity index (χ3n) is 8.22. The van der Waals surface area contributed by atoms with Gasteiger partial charge in [-0.2, -0.15) is 0 Å². The molecule has 0 N–H and O–H groups in total. The molecule has 4 rings (SSSR count). The molecule has 0 spiro atoms. The molecule has 0 aromatic heterocycles. The number of hydrogen-bond donors (Lipinski definition) is 0. The fourth-order valence-electron chi connectivity index (χ4n) is 6.42. The van der Waals surface area contributed by atoms with E-state index in [-0.39, 0.29) is 0 Å². The van der Waals surface area contributed by atoms with Crippen molar-refractivity contribution in [2.24, 2.45) is 5.92 Å². The van der Waals surface area contributed by atoms with E-state index in [1.807, 2.05) is 3.28 Å². The monoisotopic (exact) mass is 504 g/mol. The van der Waals surface area contributed by atoms with Crippen LogP contribution < -0.4 is 0 Å². The molecule has 2 aromatic rings. The van der Waals surface area contributed by atoms with Crippen molar-refractivity contribution in [2.45, 2.75) is 60.3 Å². The number of rotatable bonds is 5. The molecule has 2 atom stereocenters. The standard InChI is InChI=1S/C18H17.C9H13.2CH3.H2Si.Zr/c1-2-6-14-7-5-9-16(13-14)18-12-11-15-8-3-4-10-17(15)18;1-6-5-7(2)9(4)8(6)3;;;;/h3-5,7-13H,2,6H2,1H3;6H,1-4H3;2*1H3;1H2;. The molecule has 0 saturated heterocycles. The second-order valence-electron chi connectivity index (χ2n) is 11.0. The van der Waals surface area contributed by atoms with Crippen LogP contribution in [0.25, 0.3) is 5.57 Å². The maximum atomic E-state index is 2.70. The van der Waals surface area contributed by atoms with Crippen molar-refractivity contribution in [3.63, 3.8) is 0 Å². The van der Waals surface area contributed by atoms with E-state index >= 15 is 0 Å². The Morgan fingerprint density at radius 1 is 0.935 bits per heavy atom. The molecule has 2 heteroatoms. The topological polar surface area (TPSA) is 0 Å². The summed E-state index contributed by atoms with van der Waals surface area (Å²) in [4.78, 5) is 0. The van der Waals surface area contributed by atoms with Crippen molar-refractivity contribution in [3.8, 4) is 0 Å². The number of hydrogen-bond acceptors (Lipinski definition) is 0.